The summed E-state index contributed by atoms with van der Waals surface area (Å²) in [5, 5.41) is 5.95. The highest BCUT2D eigenvalue weighted by atomic mass is 15.0. The Morgan fingerprint density at radius 2 is 0.898 bits per heavy atom. The van der Waals surface area contributed by atoms with Gasteiger partial charge < -0.3 is 13.7 Å². The van der Waals surface area contributed by atoms with Crippen molar-refractivity contribution in [3.05, 3.63) is 206 Å². The van der Waals surface area contributed by atoms with Crippen molar-refractivity contribution in [2.45, 2.75) is 0 Å². The van der Waals surface area contributed by atoms with Gasteiger partial charge in [0.1, 0.15) is 0 Å². The van der Waals surface area contributed by atoms with Crippen LogP contribution in [0.4, 0.5) is 0 Å². The van der Waals surface area contributed by atoms with Gasteiger partial charge in [-0.2, -0.15) is 0 Å². The molecule has 0 saturated carbocycles. The van der Waals surface area contributed by atoms with Gasteiger partial charge in [0.2, 0.25) is 0 Å². The molecule has 0 aliphatic carbocycles. The maximum atomic E-state index is 5.11. The van der Waals surface area contributed by atoms with Gasteiger partial charge in [-0.1, -0.05) is 133 Å². The third kappa shape index (κ3) is 5.31. The van der Waals surface area contributed by atoms with E-state index in [1.165, 1.54) is 32.4 Å². The van der Waals surface area contributed by atoms with Crippen molar-refractivity contribution in [3.63, 3.8) is 0 Å². The average molecular weight is 755 g/mol. The molecular formula is C53H34N6. The van der Waals surface area contributed by atoms with Crippen molar-refractivity contribution in [2.75, 3.05) is 0 Å². The fourth-order valence-corrected chi connectivity index (χ4v) is 8.84. The summed E-state index contributed by atoms with van der Waals surface area (Å²) in [5.74, 6) is 1.89. The van der Waals surface area contributed by atoms with Crippen molar-refractivity contribution in [1.29, 1.82) is 0 Å². The van der Waals surface area contributed by atoms with E-state index in [1.807, 2.05) is 60.7 Å². The van der Waals surface area contributed by atoms with Crippen LogP contribution in [0.25, 0.3) is 106 Å². The fraction of sp³-hybridized carbons (Fsp3) is 0. The first kappa shape index (κ1) is 33.1. The van der Waals surface area contributed by atoms with Crippen LogP contribution >= 0.6 is 0 Å². The first-order valence-corrected chi connectivity index (χ1v) is 19.9. The lowest BCUT2D eigenvalue weighted by molar-refractivity contribution is 1.07. The van der Waals surface area contributed by atoms with Gasteiger partial charge in [-0.15, -0.1) is 0 Å². The number of rotatable bonds is 6. The zero-order valence-corrected chi connectivity index (χ0v) is 31.8. The molecule has 4 aromatic heterocycles. The van der Waals surface area contributed by atoms with Gasteiger partial charge in [-0.05, 0) is 66.7 Å². The summed E-state index contributed by atoms with van der Waals surface area (Å²) in [6.07, 6.45) is 2.17. The fourth-order valence-electron chi connectivity index (χ4n) is 8.84. The van der Waals surface area contributed by atoms with E-state index in [-0.39, 0.29) is 0 Å². The van der Waals surface area contributed by atoms with Gasteiger partial charge in [0.15, 0.2) is 17.5 Å². The van der Waals surface area contributed by atoms with Crippen LogP contribution < -0.4 is 0 Å². The third-order valence-electron chi connectivity index (χ3n) is 11.5. The molecule has 0 saturated heterocycles. The summed E-state index contributed by atoms with van der Waals surface area (Å²) in [6, 6.07) is 70.5. The highest BCUT2D eigenvalue weighted by molar-refractivity contribution is 6.27. The molecule has 0 N–H and O–H groups in total. The SMILES string of the molecule is c1ccc(-c2nc(-c3ccccc3)nc(-c3cccc(-n4c5cc6ccn(-c7ccccc7)c6cc5c5ccc6c(c7ccccc7n6-c6ccccc6)c54)c3)n2)cc1. The molecule has 12 aromatic rings. The Bertz CT molecular complexity index is 3470. The van der Waals surface area contributed by atoms with E-state index in [9.17, 15) is 0 Å². The Morgan fingerprint density at radius 3 is 1.59 bits per heavy atom. The minimum Gasteiger partial charge on any atom is -0.317 e. The van der Waals surface area contributed by atoms with Crippen LogP contribution in [-0.4, -0.2) is 28.7 Å². The molecule has 0 aliphatic rings. The Kier molecular flexibility index (Phi) is 7.43. The second-order valence-electron chi connectivity index (χ2n) is 14.9. The monoisotopic (exact) mass is 754 g/mol. The molecule has 0 atom stereocenters. The molecule has 0 radical (unpaired) electrons. The molecule has 6 nitrogen and oxygen atoms in total. The molecule has 0 fully saturated rings. The molecule has 59 heavy (non-hydrogen) atoms. The molecule has 12 rings (SSSR count). The van der Waals surface area contributed by atoms with E-state index >= 15 is 0 Å². The molecule has 0 amide bonds. The van der Waals surface area contributed by atoms with Gasteiger partial charge in [0, 0.05) is 66.9 Å². The summed E-state index contributed by atoms with van der Waals surface area (Å²) in [4.78, 5) is 15.2. The summed E-state index contributed by atoms with van der Waals surface area (Å²) in [6.45, 7) is 0. The first-order valence-electron chi connectivity index (χ1n) is 19.9. The first-order chi connectivity index (χ1) is 29.3. The van der Waals surface area contributed by atoms with Crippen LogP contribution in [-0.2, 0) is 0 Å². The van der Waals surface area contributed by atoms with Crippen molar-refractivity contribution in [3.8, 4) is 51.2 Å². The molecule has 6 heteroatoms. The quantitative estimate of drug-likeness (QED) is 0.170. The summed E-state index contributed by atoms with van der Waals surface area (Å²) in [7, 11) is 0. The molecule has 0 spiro atoms. The van der Waals surface area contributed by atoms with Crippen molar-refractivity contribution in [1.82, 2.24) is 28.7 Å². The summed E-state index contributed by atoms with van der Waals surface area (Å²) in [5.41, 5.74) is 11.8. The Balaban J connectivity index is 1.16. The minimum atomic E-state index is 0.619. The van der Waals surface area contributed by atoms with E-state index in [4.69, 9.17) is 15.0 Å². The zero-order chi connectivity index (χ0) is 38.9. The van der Waals surface area contributed by atoms with E-state index in [0.717, 1.165) is 55.8 Å². The average Bonchev–Trinajstić information content (AvgIpc) is 3.99. The molecule has 8 aromatic carbocycles. The predicted molar refractivity (Wildman–Crippen MR) is 242 cm³/mol. The van der Waals surface area contributed by atoms with Gasteiger partial charge in [0.05, 0.1) is 27.6 Å². The molecule has 276 valence electrons. The third-order valence-corrected chi connectivity index (χ3v) is 11.5. The van der Waals surface area contributed by atoms with Crippen molar-refractivity contribution >= 4 is 54.5 Å². The number of fused-ring (bicyclic) bond motifs is 8. The van der Waals surface area contributed by atoms with E-state index < -0.39 is 0 Å². The maximum absolute atomic E-state index is 5.11. The van der Waals surface area contributed by atoms with Gasteiger partial charge >= 0.3 is 0 Å². The predicted octanol–water partition coefficient (Wildman–Crippen LogP) is 13.0. The smallest absolute Gasteiger partial charge is 0.164 e. The van der Waals surface area contributed by atoms with Gasteiger partial charge in [-0.25, -0.2) is 15.0 Å². The van der Waals surface area contributed by atoms with Crippen molar-refractivity contribution < 1.29 is 0 Å². The lowest BCUT2D eigenvalue weighted by Gasteiger charge is -2.12. The number of aromatic nitrogens is 6. The van der Waals surface area contributed by atoms with E-state index in [1.54, 1.807) is 0 Å². The lowest BCUT2D eigenvalue weighted by atomic mass is 10.1. The van der Waals surface area contributed by atoms with Crippen molar-refractivity contribution in [2.24, 2.45) is 0 Å². The molecule has 0 aliphatic heterocycles. The van der Waals surface area contributed by atoms with E-state index in [2.05, 4.69) is 159 Å². The number of benzene rings is 8. The highest BCUT2D eigenvalue weighted by Crippen LogP contribution is 2.43. The van der Waals surface area contributed by atoms with Crippen LogP contribution in [0.3, 0.4) is 0 Å². The van der Waals surface area contributed by atoms with E-state index in [0.29, 0.717) is 17.5 Å². The van der Waals surface area contributed by atoms with Crippen LogP contribution in [0, 0.1) is 0 Å². The number of para-hydroxylation sites is 3. The second-order valence-corrected chi connectivity index (χ2v) is 14.9. The van der Waals surface area contributed by atoms with Gasteiger partial charge in [-0.3, -0.25) is 0 Å². The van der Waals surface area contributed by atoms with Crippen LogP contribution in [0.5, 0.6) is 0 Å². The van der Waals surface area contributed by atoms with Crippen LogP contribution in [0.15, 0.2) is 206 Å². The van der Waals surface area contributed by atoms with Crippen LogP contribution in [0.1, 0.15) is 0 Å². The number of hydrogen-bond donors (Lipinski definition) is 0. The lowest BCUT2D eigenvalue weighted by Crippen LogP contribution is -2.01. The van der Waals surface area contributed by atoms with Crippen LogP contribution in [0.2, 0.25) is 0 Å². The normalized spacial score (nSPS) is 11.7. The second kappa shape index (κ2) is 13.3. The molecule has 4 heterocycles. The Morgan fingerprint density at radius 1 is 0.322 bits per heavy atom. The number of nitrogens with zero attached hydrogens (tertiary/aromatic N) is 6. The van der Waals surface area contributed by atoms with Gasteiger partial charge in [0.25, 0.3) is 0 Å². The largest absolute Gasteiger partial charge is 0.317 e. The summed E-state index contributed by atoms with van der Waals surface area (Å²) >= 11 is 0. The minimum absolute atomic E-state index is 0.619. The topological polar surface area (TPSA) is 53.5 Å². The Labute approximate surface area is 339 Å². The molecule has 0 bridgehead atoms. The zero-order valence-electron chi connectivity index (χ0n) is 31.8. The number of hydrogen-bond acceptors (Lipinski definition) is 3. The Hall–Kier alpha value is -8.09. The summed E-state index contributed by atoms with van der Waals surface area (Å²) < 4.78 is 7.13. The molecular weight excluding hydrogens is 721 g/mol. The highest BCUT2D eigenvalue weighted by Gasteiger charge is 2.22. The standard InChI is InChI=1S/C53H34N6/c1-5-16-35(17-6-1)51-54-52(36-18-7-2-8-19-36)56-53(55-51)38-20-15-25-41(32-38)59-48-33-37-30-31-57(39-21-9-3-10-22-39)47(37)34-44(48)42-28-29-46-49(50(42)59)43-26-13-14-27-45(43)58(46)40-23-11-4-12-24-40/h1-34H. The maximum Gasteiger partial charge on any atom is 0.164 e. The molecule has 0 unspecified atom stereocenters.